The summed E-state index contributed by atoms with van der Waals surface area (Å²) >= 11 is 0. The van der Waals surface area contributed by atoms with Crippen molar-refractivity contribution in [3.05, 3.63) is 24.6 Å². The van der Waals surface area contributed by atoms with Crippen LogP contribution in [0.1, 0.15) is 41.5 Å². The summed E-state index contributed by atoms with van der Waals surface area (Å²) in [6.45, 7) is 16.0. The minimum Gasteiger partial charge on any atom is -0.480 e. The van der Waals surface area contributed by atoms with Gasteiger partial charge in [0.2, 0.25) is 0 Å². The summed E-state index contributed by atoms with van der Waals surface area (Å²) in [5, 5.41) is 2.79. The molecule has 0 radical (unpaired) electrons. The predicted octanol–water partition coefficient (Wildman–Crippen LogP) is 1.14. The van der Waals surface area contributed by atoms with Crippen molar-refractivity contribution in [3.63, 3.8) is 0 Å². The number of esters is 4. The zero-order valence-corrected chi connectivity index (χ0v) is 18.1. The van der Waals surface area contributed by atoms with Crippen LogP contribution in [-0.4, -0.2) is 60.4 Å². The summed E-state index contributed by atoms with van der Waals surface area (Å²) < 4.78 is 25.8. The molecule has 10 nitrogen and oxygen atoms in total. The lowest BCUT2D eigenvalue weighted by Gasteiger charge is -2.25. The molecule has 1 N–H and O–H groups in total. The summed E-state index contributed by atoms with van der Waals surface area (Å²) in [6, 6.07) is -0.828. The molecule has 168 valence electrons. The summed E-state index contributed by atoms with van der Waals surface area (Å²) in [5.74, 6) is -3.25. The van der Waals surface area contributed by atoms with E-state index in [0.29, 0.717) is 0 Å². The molecule has 0 unspecified atom stereocenters. The first-order valence-electron chi connectivity index (χ1n) is 9.46. The van der Waals surface area contributed by atoms with Gasteiger partial charge in [0.15, 0.2) is 24.4 Å². The van der Waals surface area contributed by atoms with E-state index in [2.05, 4.69) is 18.5 Å². The van der Waals surface area contributed by atoms with E-state index in [9.17, 15) is 19.2 Å². The first-order valence-corrected chi connectivity index (χ1v) is 9.46. The highest BCUT2D eigenvalue weighted by atomic mass is 16.6. The Bertz CT molecular complexity index is 562. The predicted molar refractivity (Wildman–Crippen MR) is 104 cm³/mol. The second kappa shape index (κ2) is 10.7. The van der Waals surface area contributed by atoms with Crippen LogP contribution in [0.5, 0.6) is 0 Å². The van der Waals surface area contributed by atoms with Crippen molar-refractivity contribution in [2.75, 3.05) is 0 Å². The van der Waals surface area contributed by atoms with Crippen LogP contribution in [0.15, 0.2) is 24.6 Å². The van der Waals surface area contributed by atoms with E-state index in [1.165, 1.54) is 41.5 Å². The van der Waals surface area contributed by atoms with Crippen LogP contribution in [0.25, 0.3) is 0 Å². The number of rotatable bonds is 0. The lowest BCUT2D eigenvalue weighted by molar-refractivity contribution is -0.181. The van der Waals surface area contributed by atoms with Crippen LogP contribution in [0.4, 0.5) is 0 Å². The summed E-state index contributed by atoms with van der Waals surface area (Å²) in [4.78, 5) is 48.7. The van der Waals surface area contributed by atoms with Crippen LogP contribution in [0.2, 0.25) is 0 Å². The minimum absolute atomic E-state index is 0.0195. The zero-order valence-electron chi connectivity index (χ0n) is 18.1. The first-order chi connectivity index (χ1) is 13.8. The van der Waals surface area contributed by atoms with Crippen molar-refractivity contribution in [1.29, 1.82) is 0 Å². The maximum atomic E-state index is 12.3. The Morgan fingerprint density at radius 2 is 0.933 bits per heavy atom. The van der Waals surface area contributed by atoms with Gasteiger partial charge in [0.25, 0.3) is 0 Å². The lowest BCUT2D eigenvalue weighted by Crippen LogP contribution is -2.41. The second-order valence-electron chi connectivity index (χ2n) is 6.93. The maximum Gasteiger partial charge on any atom is 0.347 e. The Morgan fingerprint density at radius 3 is 1.40 bits per heavy atom. The van der Waals surface area contributed by atoms with Gasteiger partial charge >= 0.3 is 23.9 Å². The van der Waals surface area contributed by atoms with E-state index < -0.39 is 60.4 Å². The SMILES string of the molecule is C=C1N[C@@H](C)C(=O)O[C@@H](C)C(=C)O[C@@H](C)C(=O)O[C@@H](C)C(=O)O[C@@H](C)C(=O)O[C@H]1C. The van der Waals surface area contributed by atoms with Gasteiger partial charge in [-0.2, -0.15) is 0 Å². The molecule has 0 amide bonds. The average molecular weight is 427 g/mol. The molecule has 1 aliphatic heterocycles. The molecule has 0 spiro atoms. The standard InChI is InChI=1S/C20H29NO9/c1-9-11(3)27-19(24)15(7)30-20(25)16(8)29-18(23)14(6)26-12(4)13(5)28-17(22)10(2)21-9/h10-11,13-16,21H,1,4H2,2-3,5-8H3/t10-,11-,13-,14-,15-,16-/m0/s1. The molecule has 0 aromatic rings. The second-order valence-corrected chi connectivity index (χ2v) is 6.93. The van der Waals surface area contributed by atoms with Gasteiger partial charge in [0.1, 0.15) is 17.9 Å². The number of hydrogen-bond acceptors (Lipinski definition) is 10. The Hall–Kier alpha value is -3.04. The Labute approximate surface area is 175 Å². The van der Waals surface area contributed by atoms with Gasteiger partial charge in [-0.25, -0.2) is 19.2 Å². The van der Waals surface area contributed by atoms with Crippen LogP contribution in [-0.2, 0) is 42.9 Å². The quantitative estimate of drug-likeness (QED) is 0.444. The molecule has 0 aromatic carbocycles. The van der Waals surface area contributed by atoms with Gasteiger partial charge in [0.05, 0.1) is 0 Å². The molecule has 1 saturated heterocycles. The van der Waals surface area contributed by atoms with E-state index >= 15 is 0 Å². The lowest BCUT2D eigenvalue weighted by atomic mass is 10.2. The van der Waals surface area contributed by atoms with Gasteiger partial charge in [-0.3, -0.25) is 0 Å². The highest BCUT2D eigenvalue weighted by Gasteiger charge is 2.30. The van der Waals surface area contributed by atoms with Gasteiger partial charge in [0, 0.05) is 5.70 Å². The third-order valence-corrected chi connectivity index (χ3v) is 4.20. The molecule has 10 heteroatoms. The van der Waals surface area contributed by atoms with E-state index in [0.717, 1.165) is 0 Å². The van der Waals surface area contributed by atoms with Crippen molar-refractivity contribution >= 4 is 23.9 Å². The summed E-state index contributed by atoms with van der Waals surface area (Å²) in [5.41, 5.74) is 0.242. The molecule has 0 bridgehead atoms. The number of hydrogen-bond donors (Lipinski definition) is 1. The third-order valence-electron chi connectivity index (χ3n) is 4.20. The number of carbonyl (C=O) groups excluding carboxylic acids is 4. The van der Waals surface area contributed by atoms with Gasteiger partial charge < -0.3 is 29.0 Å². The number of nitrogens with one attached hydrogen (secondary N) is 1. The minimum atomic E-state index is -1.30. The molecule has 0 aromatic heterocycles. The van der Waals surface area contributed by atoms with Crippen molar-refractivity contribution in [2.45, 2.75) is 78.1 Å². The maximum absolute atomic E-state index is 12.3. The number of ether oxygens (including phenoxy) is 5. The highest BCUT2D eigenvalue weighted by molar-refractivity contribution is 5.83. The topological polar surface area (TPSA) is 126 Å². The fraction of sp³-hybridized carbons (Fsp3) is 0.600. The monoisotopic (exact) mass is 427 g/mol. The smallest absolute Gasteiger partial charge is 0.347 e. The summed E-state index contributed by atoms with van der Waals surface area (Å²) in [7, 11) is 0. The van der Waals surface area contributed by atoms with E-state index in [1.54, 1.807) is 0 Å². The fourth-order valence-electron chi connectivity index (χ4n) is 2.14. The Morgan fingerprint density at radius 1 is 0.567 bits per heavy atom. The third kappa shape index (κ3) is 7.09. The van der Waals surface area contributed by atoms with E-state index in [1.807, 2.05) is 0 Å². The van der Waals surface area contributed by atoms with Gasteiger partial charge in [-0.05, 0) is 41.5 Å². The van der Waals surface area contributed by atoms with Crippen LogP contribution in [0.3, 0.4) is 0 Å². The fourth-order valence-corrected chi connectivity index (χ4v) is 2.14. The zero-order chi connectivity index (χ0) is 23.2. The molecular weight excluding hydrogens is 398 g/mol. The molecule has 0 saturated carbocycles. The van der Waals surface area contributed by atoms with Crippen molar-refractivity contribution in [1.82, 2.24) is 5.32 Å². The van der Waals surface area contributed by atoms with Gasteiger partial charge in [-0.1, -0.05) is 13.2 Å². The largest absolute Gasteiger partial charge is 0.480 e. The van der Waals surface area contributed by atoms with Crippen molar-refractivity contribution in [2.24, 2.45) is 0 Å². The summed E-state index contributed by atoms with van der Waals surface area (Å²) in [6.07, 6.45) is -5.39. The molecule has 1 fully saturated rings. The van der Waals surface area contributed by atoms with Crippen LogP contribution >= 0.6 is 0 Å². The van der Waals surface area contributed by atoms with Crippen molar-refractivity contribution in [3.8, 4) is 0 Å². The van der Waals surface area contributed by atoms with Crippen LogP contribution in [0, 0.1) is 0 Å². The van der Waals surface area contributed by atoms with Gasteiger partial charge in [-0.15, -0.1) is 0 Å². The molecule has 30 heavy (non-hydrogen) atoms. The number of carbonyl (C=O) groups is 4. The normalized spacial score (nSPS) is 33.0. The Balaban J connectivity index is 3.04. The van der Waals surface area contributed by atoms with Crippen molar-refractivity contribution < 1.29 is 42.9 Å². The first kappa shape index (κ1) is 25.0. The van der Waals surface area contributed by atoms with E-state index in [4.69, 9.17) is 23.7 Å². The number of cyclic esters (lactones) is 4. The average Bonchev–Trinajstić information content (AvgIpc) is 2.66. The molecule has 1 aliphatic rings. The molecule has 1 rings (SSSR count). The molecular formula is C20H29NO9. The van der Waals surface area contributed by atoms with E-state index in [-0.39, 0.29) is 11.5 Å². The van der Waals surface area contributed by atoms with Crippen LogP contribution < -0.4 is 5.32 Å². The molecule has 0 aliphatic carbocycles. The Kier molecular flexibility index (Phi) is 8.88. The molecule has 1 heterocycles. The highest BCUT2D eigenvalue weighted by Crippen LogP contribution is 2.14. The molecule has 6 atom stereocenters.